The molecule has 0 fully saturated rings. The van der Waals surface area contributed by atoms with Crippen LogP contribution in [0.15, 0.2) is 0 Å². The van der Waals surface area contributed by atoms with Crippen molar-refractivity contribution in [3.8, 4) is 9.85 Å². The quantitative estimate of drug-likeness (QED) is 0.430. The third-order valence-electron chi connectivity index (χ3n) is 0.968. The molecule has 0 heterocycles. The second-order valence-corrected chi connectivity index (χ2v) is 3.01. The van der Waals surface area contributed by atoms with Crippen LogP contribution in [0.1, 0.15) is 6.92 Å². The van der Waals surface area contributed by atoms with Gasteiger partial charge in [-0.3, -0.25) is 4.79 Å². The van der Waals surface area contributed by atoms with Gasteiger partial charge in [0.1, 0.15) is 6.04 Å². The van der Waals surface area contributed by atoms with E-state index < -0.39 is 24.2 Å². The summed E-state index contributed by atoms with van der Waals surface area (Å²) in [6, 6.07) is -0.559. The molecule has 0 aliphatic heterocycles. The molecule has 9 heteroatoms. The van der Waals surface area contributed by atoms with Gasteiger partial charge in [0.25, 0.3) is 0 Å². The van der Waals surface area contributed by atoms with Gasteiger partial charge in [-0.05, 0) is 10.9 Å². The van der Waals surface area contributed by atoms with Crippen molar-refractivity contribution in [1.29, 1.82) is 0 Å². The number of nitrogens with two attached hydrogens (primary N) is 1. The zero-order valence-electron chi connectivity index (χ0n) is 8.55. The monoisotopic (exact) mass is 367 g/mol. The van der Waals surface area contributed by atoms with E-state index in [1.54, 1.807) is 6.92 Å². The Morgan fingerprint density at radius 3 is 2.18 bits per heavy atom. The zero-order chi connectivity index (χ0) is 14.1. The fourth-order valence-electron chi connectivity index (χ4n) is 0.266. The molecule has 0 radical (unpaired) electrons. The summed E-state index contributed by atoms with van der Waals surface area (Å²) in [5, 5.41) is 7.12. The average molecular weight is 367 g/mol. The van der Waals surface area contributed by atoms with E-state index in [4.69, 9.17) is 15.6 Å². The van der Waals surface area contributed by atoms with Crippen molar-refractivity contribution < 1.29 is 32.6 Å². The lowest BCUT2D eigenvalue weighted by atomic mass is 10.4. The average Bonchev–Trinajstić information content (AvgIpc) is 2.17. The number of rotatable bonds is 2. The van der Waals surface area contributed by atoms with Gasteiger partial charge in [0.05, 0.1) is 0 Å². The van der Waals surface area contributed by atoms with Gasteiger partial charge in [0.2, 0.25) is 0 Å². The Hall–Kier alpha value is -1.02. The van der Waals surface area contributed by atoms with Crippen LogP contribution in [0.5, 0.6) is 0 Å². The minimum absolute atomic E-state index is 0.128. The second kappa shape index (κ2) is 9.06. The molecule has 0 bridgehead atoms. The predicted octanol–water partition coefficient (Wildman–Crippen LogP) is 0.906. The minimum Gasteiger partial charge on any atom is -0.475 e. The van der Waals surface area contributed by atoms with Gasteiger partial charge in [-0.25, -0.2) is 4.79 Å². The minimum atomic E-state index is -5.08. The molecule has 17 heavy (non-hydrogen) atoms. The molecule has 0 aliphatic rings. The van der Waals surface area contributed by atoms with Crippen molar-refractivity contribution in [3.63, 3.8) is 0 Å². The van der Waals surface area contributed by atoms with Crippen LogP contribution in [0.2, 0.25) is 0 Å². The van der Waals surface area contributed by atoms with Crippen molar-refractivity contribution in [1.82, 2.24) is 0 Å². The van der Waals surface area contributed by atoms with Gasteiger partial charge in [0, 0.05) is 22.6 Å². The largest absolute Gasteiger partial charge is 0.490 e. The molecule has 3 N–H and O–H groups in total. The molecular formula is C8H9F3INO4. The number of alkyl halides is 3. The van der Waals surface area contributed by atoms with E-state index in [1.165, 1.54) is 0 Å². The van der Waals surface area contributed by atoms with Gasteiger partial charge in [-0.1, -0.05) is 5.92 Å². The Morgan fingerprint density at radius 1 is 1.53 bits per heavy atom. The number of carbonyl (C=O) groups is 2. The molecule has 1 atom stereocenters. The first-order chi connectivity index (χ1) is 7.62. The normalized spacial score (nSPS) is 11.2. The lowest BCUT2D eigenvalue weighted by molar-refractivity contribution is -0.192. The Morgan fingerprint density at radius 2 is 1.94 bits per heavy atom. The summed E-state index contributed by atoms with van der Waals surface area (Å²) >= 11 is 1.87. The molecule has 0 aromatic rings. The molecule has 98 valence electrons. The number of hydrogen-bond donors (Lipinski definition) is 2. The molecular weight excluding hydrogens is 358 g/mol. The fourth-order valence-corrected chi connectivity index (χ4v) is 0.422. The van der Waals surface area contributed by atoms with E-state index in [1.807, 2.05) is 22.6 Å². The van der Waals surface area contributed by atoms with Gasteiger partial charge in [-0.15, -0.1) is 0 Å². The molecule has 0 aromatic carbocycles. The van der Waals surface area contributed by atoms with Crippen molar-refractivity contribution in [2.75, 3.05) is 6.61 Å². The summed E-state index contributed by atoms with van der Waals surface area (Å²) in [7, 11) is 0. The van der Waals surface area contributed by atoms with Crippen LogP contribution in [-0.2, 0) is 14.3 Å². The first-order valence-corrected chi connectivity index (χ1v) is 5.01. The highest BCUT2D eigenvalue weighted by Gasteiger charge is 2.38. The molecule has 0 amide bonds. The topological polar surface area (TPSA) is 89.6 Å². The van der Waals surface area contributed by atoms with Crippen LogP contribution < -0.4 is 5.73 Å². The first kappa shape index (κ1) is 18.3. The smallest absolute Gasteiger partial charge is 0.475 e. The molecule has 0 unspecified atom stereocenters. The molecule has 5 nitrogen and oxygen atoms in total. The number of ether oxygens (including phenoxy) is 1. The van der Waals surface area contributed by atoms with E-state index in [0.717, 1.165) is 0 Å². The van der Waals surface area contributed by atoms with E-state index >= 15 is 0 Å². The van der Waals surface area contributed by atoms with Gasteiger partial charge in [0.15, 0.2) is 6.61 Å². The maximum absolute atomic E-state index is 10.6. The van der Waals surface area contributed by atoms with Crippen LogP contribution in [-0.4, -0.2) is 35.9 Å². The standard InChI is InChI=1S/C6H8INO2.C2HF3O2/c1-5(8)6(9)10-4-2-3-7;3-2(4,5)1(6)7/h5H,4,8H2,1H3;(H,6,7)/t5-;/m0./s1. The van der Waals surface area contributed by atoms with Crippen molar-refractivity contribution in [2.24, 2.45) is 5.73 Å². The SMILES string of the molecule is C[C@H](N)C(=O)OCC#CI.O=C(O)C(F)(F)F. The molecule has 0 saturated carbocycles. The third-order valence-corrected chi connectivity index (χ3v) is 1.35. The molecule has 0 aromatic heterocycles. The van der Waals surface area contributed by atoms with Crippen molar-refractivity contribution in [3.05, 3.63) is 0 Å². The summed E-state index contributed by atoms with van der Waals surface area (Å²) in [5.41, 5.74) is 5.19. The predicted molar refractivity (Wildman–Crippen MR) is 60.1 cm³/mol. The third kappa shape index (κ3) is 12.9. The maximum atomic E-state index is 10.6. The zero-order valence-corrected chi connectivity index (χ0v) is 10.7. The number of esters is 1. The number of carbonyl (C=O) groups excluding carboxylic acids is 1. The highest BCUT2D eigenvalue weighted by atomic mass is 127. The maximum Gasteiger partial charge on any atom is 0.490 e. The number of halogens is 4. The van der Waals surface area contributed by atoms with Crippen LogP contribution >= 0.6 is 22.6 Å². The van der Waals surface area contributed by atoms with E-state index in [0.29, 0.717) is 0 Å². The highest BCUT2D eigenvalue weighted by molar-refractivity contribution is 14.1. The van der Waals surface area contributed by atoms with Crippen LogP contribution in [0.3, 0.4) is 0 Å². The number of carboxylic acids is 1. The van der Waals surface area contributed by atoms with Gasteiger partial charge < -0.3 is 15.6 Å². The number of hydrogen-bond acceptors (Lipinski definition) is 4. The van der Waals surface area contributed by atoms with Crippen LogP contribution in [0, 0.1) is 9.85 Å². The molecule has 0 saturated heterocycles. The molecule has 0 rings (SSSR count). The van der Waals surface area contributed by atoms with E-state index in [2.05, 4.69) is 14.6 Å². The summed E-state index contributed by atoms with van der Waals surface area (Å²) in [6.45, 7) is 1.70. The lowest BCUT2D eigenvalue weighted by Crippen LogP contribution is -2.28. The molecule has 0 spiro atoms. The summed E-state index contributed by atoms with van der Waals surface area (Å²) in [5.74, 6) is -0.602. The Balaban J connectivity index is 0. The van der Waals surface area contributed by atoms with Gasteiger partial charge >= 0.3 is 18.1 Å². The Bertz CT molecular complexity index is 319. The van der Waals surface area contributed by atoms with Crippen LogP contribution in [0.25, 0.3) is 0 Å². The lowest BCUT2D eigenvalue weighted by Gasteiger charge is -2.01. The Kier molecular flexibility index (Phi) is 9.77. The van der Waals surface area contributed by atoms with E-state index in [9.17, 15) is 18.0 Å². The van der Waals surface area contributed by atoms with Crippen molar-refractivity contribution in [2.45, 2.75) is 19.1 Å². The van der Waals surface area contributed by atoms with Crippen molar-refractivity contribution >= 4 is 34.5 Å². The Labute approximate surface area is 109 Å². The highest BCUT2D eigenvalue weighted by Crippen LogP contribution is 2.13. The molecule has 0 aliphatic carbocycles. The number of carboxylic acid groups (broad SMARTS) is 1. The summed E-state index contributed by atoms with van der Waals surface area (Å²) in [6.07, 6.45) is -5.08. The van der Waals surface area contributed by atoms with E-state index in [-0.39, 0.29) is 6.61 Å². The first-order valence-electron chi connectivity index (χ1n) is 3.93. The fraction of sp³-hybridized carbons (Fsp3) is 0.500. The van der Waals surface area contributed by atoms with Crippen LogP contribution in [0.4, 0.5) is 13.2 Å². The van der Waals surface area contributed by atoms with Gasteiger partial charge in [-0.2, -0.15) is 13.2 Å². The summed E-state index contributed by atoms with van der Waals surface area (Å²) < 4.78 is 38.9. The number of aliphatic carboxylic acids is 1. The summed E-state index contributed by atoms with van der Waals surface area (Å²) in [4.78, 5) is 19.5. The second-order valence-electron chi connectivity index (χ2n) is 2.47.